The number of benzene rings is 2. The Kier molecular flexibility index (Phi) is 7.43. The summed E-state index contributed by atoms with van der Waals surface area (Å²) < 4.78 is 124. The predicted octanol–water partition coefficient (Wildman–Crippen LogP) is 5.39. The summed E-state index contributed by atoms with van der Waals surface area (Å²) in [5.41, 5.74) is -8.66. The Labute approximate surface area is 185 Å². The average Bonchev–Trinajstić information content (AvgIpc) is 2.71. The Bertz CT molecular complexity index is 1050. The number of carbonyl (C=O) groups excluding carboxylic acids is 2. The summed E-state index contributed by atoms with van der Waals surface area (Å²) in [6.45, 7) is 0.498. The normalized spacial score (nSPS) is 14.2. The fourth-order valence-electron chi connectivity index (χ4n) is 2.70. The third-order valence-electron chi connectivity index (χ3n) is 4.28. The number of nitrogens with one attached hydrogen (secondary N) is 2. The van der Waals surface area contributed by atoms with Crippen LogP contribution in [0, 0.1) is 0 Å². The molecule has 2 rings (SSSR count). The molecule has 2 aromatic rings. The molecule has 1 unspecified atom stereocenters. The van der Waals surface area contributed by atoms with Crippen molar-refractivity contribution < 1.29 is 53.8 Å². The molecule has 5 nitrogen and oxygen atoms in total. The van der Waals surface area contributed by atoms with Gasteiger partial charge in [0.05, 0.1) is 17.7 Å². The number of rotatable bonds is 6. The van der Waals surface area contributed by atoms with E-state index in [4.69, 9.17) is 0 Å². The van der Waals surface area contributed by atoms with Gasteiger partial charge in [-0.2, -0.15) is 39.5 Å². The maximum absolute atomic E-state index is 14.1. The minimum absolute atomic E-state index is 0.242. The largest absolute Gasteiger partial charge is 0.463 e. The van der Waals surface area contributed by atoms with Crippen LogP contribution in [-0.2, 0) is 21.9 Å². The summed E-state index contributed by atoms with van der Waals surface area (Å²) in [5.74, 6) is -3.93. The van der Waals surface area contributed by atoms with Crippen molar-refractivity contribution in [2.24, 2.45) is 0 Å². The number of carbonyl (C=O) groups is 2. The lowest BCUT2D eigenvalue weighted by Crippen LogP contribution is -2.69. The van der Waals surface area contributed by atoms with Gasteiger partial charge in [0, 0.05) is 11.3 Å². The predicted molar refractivity (Wildman–Crippen MR) is 99.4 cm³/mol. The number of hydrogen-bond acceptors (Lipinski definition) is 4. The van der Waals surface area contributed by atoms with Gasteiger partial charge in [-0.3, -0.25) is 4.79 Å². The van der Waals surface area contributed by atoms with Gasteiger partial charge in [0.1, 0.15) is 0 Å². The molecule has 1 atom stereocenters. The van der Waals surface area contributed by atoms with Crippen LogP contribution in [-0.4, -0.2) is 30.3 Å². The van der Waals surface area contributed by atoms with E-state index in [-0.39, 0.29) is 12.1 Å². The number of esters is 1. The maximum Gasteiger partial charge on any atom is 0.441 e. The van der Waals surface area contributed by atoms with E-state index >= 15 is 0 Å². The van der Waals surface area contributed by atoms with Crippen LogP contribution in [0.1, 0.15) is 28.4 Å². The fourth-order valence-corrected chi connectivity index (χ4v) is 2.70. The minimum Gasteiger partial charge on any atom is -0.463 e. The molecule has 0 heterocycles. The number of ether oxygens (including phenoxy) is 1. The van der Waals surface area contributed by atoms with Crippen LogP contribution in [0.25, 0.3) is 0 Å². The molecule has 0 bridgehead atoms. The molecule has 2 N–H and O–H groups in total. The summed E-state index contributed by atoms with van der Waals surface area (Å²) in [6, 6.07) is 4.59. The molecule has 34 heavy (non-hydrogen) atoms. The first-order chi connectivity index (χ1) is 15.5. The van der Waals surface area contributed by atoms with Crippen LogP contribution in [0.4, 0.5) is 45.2 Å². The molecule has 186 valence electrons. The second kappa shape index (κ2) is 9.43. The van der Waals surface area contributed by atoms with E-state index in [0.717, 1.165) is 31.2 Å². The molecule has 1 amide bonds. The smallest absolute Gasteiger partial charge is 0.441 e. The van der Waals surface area contributed by atoms with E-state index in [9.17, 15) is 49.1 Å². The van der Waals surface area contributed by atoms with Gasteiger partial charge in [0.15, 0.2) is 0 Å². The molecule has 0 saturated carbocycles. The molecule has 0 aromatic heterocycles. The molecule has 0 aliphatic heterocycles. The van der Waals surface area contributed by atoms with Gasteiger partial charge in [-0.15, -0.1) is 0 Å². The topological polar surface area (TPSA) is 67.4 Å². The van der Waals surface area contributed by atoms with Crippen LogP contribution in [0.15, 0.2) is 48.5 Å². The van der Waals surface area contributed by atoms with Gasteiger partial charge in [-0.05, 0) is 43.3 Å². The first-order valence-electron chi connectivity index (χ1n) is 9.20. The van der Waals surface area contributed by atoms with Crippen molar-refractivity contribution >= 4 is 17.6 Å². The molecule has 0 fully saturated rings. The van der Waals surface area contributed by atoms with Gasteiger partial charge in [0.2, 0.25) is 0 Å². The minimum atomic E-state index is -5.72. The molecular formula is C20H15F9N2O3. The Morgan fingerprint density at radius 1 is 0.824 bits per heavy atom. The van der Waals surface area contributed by atoms with Gasteiger partial charge >= 0.3 is 30.2 Å². The van der Waals surface area contributed by atoms with E-state index in [2.05, 4.69) is 4.74 Å². The van der Waals surface area contributed by atoms with Gasteiger partial charge in [0.25, 0.3) is 5.91 Å². The van der Waals surface area contributed by atoms with Crippen molar-refractivity contribution in [3.63, 3.8) is 0 Å². The zero-order valence-electron chi connectivity index (χ0n) is 17.0. The fraction of sp³-hybridized carbons (Fsp3) is 0.300. The third-order valence-corrected chi connectivity index (χ3v) is 4.28. The molecule has 0 radical (unpaired) electrons. The van der Waals surface area contributed by atoms with Crippen LogP contribution >= 0.6 is 0 Å². The second-order valence-electron chi connectivity index (χ2n) is 6.70. The molecule has 14 heteroatoms. The number of halogens is 9. The van der Waals surface area contributed by atoms with Crippen molar-refractivity contribution in [3.8, 4) is 0 Å². The Morgan fingerprint density at radius 3 is 1.85 bits per heavy atom. The first kappa shape index (κ1) is 26.8. The second-order valence-corrected chi connectivity index (χ2v) is 6.70. The van der Waals surface area contributed by atoms with Gasteiger partial charge < -0.3 is 15.4 Å². The van der Waals surface area contributed by atoms with Gasteiger partial charge in [-0.1, -0.05) is 12.1 Å². The zero-order chi connectivity index (χ0) is 25.9. The summed E-state index contributed by atoms with van der Waals surface area (Å²) in [6.07, 6.45) is -15.6. The Morgan fingerprint density at radius 2 is 1.35 bits per heavy atom. The van der Waals surface area contributed by atoms with Crippen LogP contribution in [0.3, 0.4) is 0 Å². The molecule has 0 aliphatic carbocycles. The van der Waals surface area contributed by atoms with Gasteiger partial charge in [-0.25, -0.2) is 4.79 Å². The van der Waals surface area contributed by atoms with Crippen LogP contribution in [0.5, 0.6) is 0 Å². The van der Waals surface area contributed by atoms with E-state index in [1.165, 1.54) is 10.6 Å². The molecule has 0 aliphatic rings. The third kappa shape index (κ3) is 5.91. The number of hydrogen-bond donors (Lipinski definition) is 2. The lowest BCUT2D eigenvalue weighted by molar-refractivity contribution is -0.204. The van der Waals surface area contributed by atoms with E-state index < -0.39 is 65.1 Å². The number of amides is 1. The molecule has 0 spiro atoms. The Balaban J connectivity index is 2.58. The quantitative estimate of drug-likeness (QED) is 0.316. The maximum atomic E-state index is 14.1. The summed E-state index contributed by atoms with van der Waals surface area (Å²) >= 11 is 0. The van der Waals surface area contributed by atoms with E-state index in [0.29, 0.717) is 12.1 Å². The highest BCUT2D eigenvalue weighted by Gasteiger charge is 2.63. The SMILES string of the molecule is CCOC(=O)C(NC(=O)c1cccc(C(F)(F)F)c1)(Nc1cccc(C(F)(F)F)c1)C(F)(F)F. The summed E-state index contributed by atoms with van der Waals surface area (Å²) in [7, 11) is 0. The highest BCUT2D eigenvalue weighted by Crippen LogP contribution is 2.36. The van der Waals surface area contributed by atoms with E-state index in [1.54, 1.807) is 0 Å². The van der Waals surface area contributed by atoms with Crippen molar-refractivity contribution in [3.05, 3.63) is 65.2 Å². The van der Waals surface area contributed by atoms with Crippen LogP contribution < -0.4 is 10.6 Å². The Hall–Kier alpha value is -3.45. The average molecular weight is 502 g/mol. The number of alkyl halides is 9. The zero-order valence-corrected chi connectivity index (χ0v) is 17.0. The lowest BCUT2D eigenvalue weighted by atomic mass is 10.1. The molecule has 0 saturated heterocycles. The highest BCUT2D eigenvalue weighted by molar-refractivity contribution is 5.99. The van der Waals surface area contributed by atoms with Crippen molar-refractivity contribution in [2.75, 3.05) is 11.9 Å². The van der Waals surface area contributed by atoms with Crippen LogP contribution in [0.2, 0.25) is 0 Å². The standard InChI is InChI=1S/C20H15F9N2O3/c1-2-34-16(33)17(20(27,28)29,30-14-8-4-7-13(10-14)19(24,25)26)31-15(32)11-5-3-6-12(9-11)18(21,22)23/h3-10,30H,2H2,1H3,(H,31,32). The van der Waals surface area contributed by atoms with Crippen molar-refractivity contribution in [1.82, 2.24) is 5.32 Å². The van der Waals surface area contributed by atoms with E-state index in [1.807, 2.05) is 0 Å². The number of anilines is 1. The summed E-state index contributed by atoms with van der Waals surface area (Å²) in [4.78, 5) is 24.9. The molecule has 2 aromatic carbocycles. The van der Waals surface area contributed by atoms with Crippen molar-refractivity contribution in [1.29, 1.82) is 0 Å². The lowest BCUT2D eigenvalue weighted by Gasteiger charge is -2.35. The van der Waals surface area contributed by atoms with Crippen molar-refractivity contribution in [2.45, 2.75) is 31.1 Å². The monoisotopic (exact) mass is 502 g/mol. The highest BCUT2D eigenvalue weighted by atomic mass is 19.4. The molecular weight excluding hydrogens is 487 g/mol. The summed E-state index contributed by atoms with van der Waals surface area (Å²) in [5, 5.41) is 2.78. The first-order valence-corrected chi connectivity index (χ1v) is 9.20.